The number of aryl methyl sites for hydroxylation is 2. The lowest BCUT2D eigenvalue weighted by Gasteiger charge is -2.13. The molecule has 18 heavy (non-hydrogen) atoms. The second-order valence-electron chi connectivity index (χ2n) is 4.21. The van der Waals surface area contributed by atoms with Gasteiger partial charge in [0.25, 0.3) is 0 Å². The van der Waals surface area contributed by atoms with Crippen molar-refractivity contribution in [1.29, 1.82) is 0 Å². The standard InChI is InChI=1S/C14H14Cl2OS/c1-8-4-5-11(17-3)10(6-8)13(15)12-7-9(2)14(16)18-12/h4-7,13H,1-3H3. The number of hydrogen-bond acceptors (Lipinski definition) is 2. The highest BCUT2D eigenvalue weighted by atomic mass is 35.5. The molecule has 2 rings (SSSR count). The fraction of sp³-hybridized carbons (Fsp3) is 0.286. The summed E-state index contributed by atoms with van der Waals surface area (Å²) in [6.07, 6.45) is 0. The zero-order chi connectivity index (χ0) is 13.3. The first kappa shape index (κ1) is 13.7. The fourth-order valence-corrected chi connectivity index (χ4v) is 3.40. The molecule has 0 aliphatic rings. The van der Waals surface area contributed by atoms with Gasteiger partial charge < -0.3 is 4.74 Å². The third-order valence-corrected chi connectivity index (χ3v) is 5.00. The van der Waals surface area contributed by atoms with Crippen molar-refractivity contribution in [2.45, 2.75) is 19.2 Å². The van der Waals surface area contributed by atoms with Crippen molar-refractivity contribution < 1.29 is 4.74 Å². The normalized spacial score (nSPS) is 12.5. The Morgan fingerprint density at radius 3 is 2.50 bits per heavy atom. The molecular formula is C14H14Cl2OS. The summed E-state index contributed by atoms with van der Waals surface area (Å²) >= 11 is 14.2. The number of rotatable bonds is 3. The van der Waals surface area contributed by atoms with Crippen molar-refractivity contribution >= 4 is 34.5 Å². The lowest BCUT2D eigenvalue weighted by atomic mass is 10.1. The lowest BCUT2D eigenvalue weighted by molar-refractivity contribution is 0.410. The largest absolute Gasteiger partial charge is 0.496 e. The average molecular weight is 301 g/mol. The molecule has 1 unspecified atom stereocenters. The summed E-state index contributed by atoms with van der Waals surface area (Å²) in [7, 11) is 1.66. The summed E-state index contributed by atoms with van der Waals surface area (Å²) < 4.78 is 6.16. The van der Waals surface area contributed by atoms with Crippen LogP contribution < -0.4 is 4.74 Å². The van der Waals surface area contributed by atoms with Crippen LogP contribution in [0.3, 0.4) is 0 Å². The van der Waals surface area contributed by atoms with Gasteiger partial charge in [-0.05, 0) is 31.5 Å². The maximum absolute atomic E-state index is 6.54. The molecule has 1 nitrogen and oxygen atoms in total. The molecule has 0 aliphatic heterocycles. The first-order valence-corrected chi connectivity index (χ1v) is 7.20. The molecule has 0 spiro atoms. The maximum Gasteiger partial charge on any atom is 0.123 e. The Morgan fingerprint density at radius 1 is 1.22 bits per heavy atom. The molecule has 1 atom stereocenters. The number of hydrogen-bond donors (Lipinski definition) is 0. The van der Waals surface area contributed by atoms with Gasteiger partial charge in [0.05, 0.1) is 16.8 Å². The highest BCUT2D eigenvalue weighted by Crippen LogP contribution is 2.41. The van der Waals surface area contributed by atoms with E-state index < -0.39 is 0 Å². The number of ether oxygens (including phenoxy) is 1. The smallest absolute Gasteiger partial charge is 0.123 e. The SMILES string of the molecule is COc1ccc(C)cc1C(Cl)c1cc(C)c(Cl)s1. The molecule has 0 aliphatic carbocycles. The molecule has 0 amide bonds. The van der Waals surface area contributed by atoms with E-state index in [1.807, 2.05) is 32.0 Å². The lowest BCUT2D eigenvalue weighted by Crippen LogP contribution is -1.96. The van der Waals surface area contributed by atoms with E-state index in [-0.39, 0.29) is 5.38 Å². The maximum atomic E-state index is 6.54. The average Bonchev–Trinajstić information content (AvgIpc) is 2.68. The number of methoxy groups -OCH3 is 1. The molecular weight excluding hydrogens is 287 g/mol. The van der Waals surface area contributed by atoms with Gasteiger partial charge in [0.1, 0.15) is 5.75 Å². The van der Waals surface area contributed by atoms with Crippen LogP contribution in [0.1, 0.15) is 26.9 Å². The third-order valence-electron chi connectivity index (χ3n) is 2.78. The van der Waals surface area contributed by atoms with Crippen LogP contribution >= 0.6 is 34.5 Å². The minimum atomic E-state index is -0.226. The Kier molecular flexibility index (Phi) is 4.21. The Balaban J connectivity index is 2.44. The predicted molar refractivity (Wildman–Crippen MR) is 79.5 cm³/mol. The molecule has 1 aromatic carbocycles. The van der Waals surface area contributed by atoms with Crippen LogP contribution in [0.2, 0.25) is 4.34 Å². The van der Waals surface area contributed by atoms with Crippen molar-refractivity contribution in [2.24, 2.45) is 0 Å². The van der Waals surface area contributed by atoms with Gasteiger partial charge in [0.2, 0.25) is 0 Å². The zero-order valence-corrected chi connectivity index (χ0v) is 12.8. The molecule has 0 saturated carbocycles. The summed E-state index contributed by atoms with van der Waals surface area (Å²) in [6, 6.07) is 8.05. The fourth-order valence-electron chi connectivity index (χ4n) is 1.81. The van der Waals surface area contributed by atoms with Crippen molar-refractivity contribution in [3.8, 4) is 5.75 Å². The monoisotopic (exact) mass is 300 g/mol. The molecule has 0 N–H and O–H groups in total. The van der Waals surface area contributed by atoms with E-state index in [4.69, 9.17) is 27.9 Å². The summed E-state index contributed by atoms with van der Waals surface area (Å²) in [5, 5.41) is -0.226. The third kappa shape index (κ3) is 2.66. The number of alkyl halides is 1. The number of halogens is 2. The Bertz CT molecular complexity index is 543. The van der Waals surface area contributed by atoms with E-state index in [2.05, 4.69) is 6.07 Å². The van der Waals surface area contributed by atoms with Gasteiger partial charge in [-0.25, -0.2) is 0 Å². The molecule has 4 heteroatoms. The molecule has 0 saturated heterocycles. The van der Waals surface area contributed by atoms with Crippen LogP contribution in [0.4, 0.5) is 0 Å². The molecule has 0 radical (unpaired) electrons. The van der Waals surface area contributed by atoms with Crippen LogP contribution in [-0.2, 0) is 0 Å². The van der Waals surface area contributed by atoms with E-state index in [1.165, 1.54) is 11.3 Å². The minimum absolute atomic E-state index is 0.226. The molecule has 96 valence electrons. The van der Waals surface area contributed by atoms with Crippen LogP contribution in [-0.4, -0.2) is 7.11 Å². The highest BCUT2D eigenvalue weighted by molar-refractivity contribution is 7.16. The van der Waals surface area contributed by atoms with Gasteiger partial charge in [-0.2, -0.15) is 0 Å². The quantitative estimate of drug-likeness (QED) is 0.694. The van der Waals surface area contributed by atoms with E-state index in [1.54, 1.807) is 7.11 Å². The first-order chi connectivity index (χ1) is 8.52. The van der Waals surface area contributed by atoms with Gasteiger partial charge in [-0.1, -0.05) is 29.3 Å². The number of thiophene rings is 1. The predicted octanol–water partition coefficient (Wildman–Crippen LogP) is 5.36. The van der Waals surface area contributed by atoms with Crippen LogP contribution in [0.25, 0.3) is 0 Å². The van der Waals surface area contributed by atoms with Crippen LogP contribution in [0.15, 0.2) is 24.3 Å². The van der Waals surface area contributed by atoms with Gasteiger partial charge in [-0.15, -0.1) is 22.9 Å². The summed E-state index contributed by atoms with van der Waals surface area (Å²) in [5.74, 6) is 0.808. The van der Waals surface area contributed by atoms with Gasteiger partial charge >= 0.3 is 0 Å². The van der Waals surface area contributed by atoms with Crippen molar-refractivity contribution in [3.05, 3.63) is 50.2 Å². The van der Waals surface area contributed by atoms with Gasteiger partial charge in [0, 0.05) is 10.4 Å². The van der Waals surface area contributed by atoms with E-state index >= 15 is 0 Å². The summed E-state index contributed by atoms with van der Waals surface area (Å²) in [4.78, 5) is 1.04. The van der Waals surface area contributed by atoms with Crippen molar-refractivity contribution in [2.75, 3.05) is 7.11 Å². The van der Waals surface area contributed by atoms with Crippen LogP contribution in [0, 0.1) is 13.8 Å². The Morgan fingerprint density at radius 2 is 1.94 bits per heavy atom. The van der Waals surface area contributed by atoms with E-state index in [0.29, 0.717) is 0 Å². The van der Waals surface area contributed by atoms with E-state index in [9.17, 15) is 0 Å². The Hall–Kier alpha value is -0.700. The second kappa shape index (κ2) is 5.52. The summed E-state index contributed by atoms with van der Waals surface area (Å²) in [5.41, 5.74) is 3.21. The topological polar surface area (TPSA) is 9.23 Å². The number of benzene rings is 1. The molecule has 1 aromatic heterocycles. The van der Waals surface area contributed by atoms with Gasteiger partial charge in [0.15, 0.2) is 0 Å². The van der Waals surface area contributed by atoms with E-state index in [0.717, 1.165) is 31.7 Å². The summed E-state index contributed by atoms with van der Waals surface area (Å²) in [6.45, 7) is 4.03. The van der Waals surface area contributed by atoms with Gasteiger partial charge in [-0.3, -0.25) is 0 Å². The zero-order valence-electron chi connectivity index (χ0n) is 10.5. The van der Waals surface area contributed by atoms with Crippen LogP contribution in [0.5, 0.6) is 5.75 Å². The highest BCUT2D eigenvalue weighted by Gasteiger charge is 2.18. The molecule has 0 bridgehead atoms. The molecule has 2 aromatic rings. The Labute approximate surface area is 121 Å². The first-order valence-electron chi connectivity index (χ1n) is 5.57. The minimum Gasteiger partial charge on any atom is -0.496 e. The second-order valence-corrected chi connectivity index (χ2v) is 6.34. The van der Waals surface area contributed by atoms with Crippen molar-refractivity contribution in [1.82, 2.24) is 0 Å². The van der Waals surface area contributed by atoms with Crippen molar-refractivity contribution in [3.63, 3.8) is 0 Å². The molecule has 1 heterocycles. The molecule has 0 fully saturated rings.